The van der Waals surface area contributed by atoms with Crippen LogP contribution in [0, 0.1) is 0 Å². The van der Waals surface area contributed by atoms with E-state index in [0.717, 1.165) is 38.8 Å². The van der Waals surface area contributed by atoms with Crippen LogP contribution in [0.15, 0.2) is 10.7 Å². The molecule has 0 aliphatic carbocycles. The number of oxazole rings is 1. The van der Waals surface area contributed by atoms with Gasteiger partial charge in [0.1, 0.15) is 6.26 Å². The van der Waals surface area contributed by atoms with Gasteiger partial charge in [-0.15, -0.1) is 0 Å². The topological polar surface area (TPSA) is 67.2 Å². The summed E-state index contributed by atoms with van der Waals surface area (Å²) in [5.74, 6) is 0.921. The number of hydrogen-bond donors (Lipinski definition) is 2. The van der Waals surface area contributed by atoms with Crippen molar-refractivity contribution in [3.8, 4) is 0 Å². The van der Waals surface area contributed by atoms with Crippen LogP contribution in [0.25, 0.3) is 0 Å². The summed E-state index contributed by atoms with van der Waals surface area (Å²) in [6, 6.07) is 0.214. The Bertz CT molecular complexity index is 407. The van der Waals surface area contributed by atoms with Crippen LogP contribution < -0.4 is 10.6 Å². The Labute approximate surface area is 114 Å². The summed E-state index contributed by atoms with van der Waals surface area (Å²) < 4.78 is 5.47. The van der Waals surface area contributed by atoms with Crippen molar-refractivity contribution in [1.82, 2.24) is 15.6 Å². The molecular formula is C14H23N3O2. The largest absolute Gasteiger partial charge is 0.448 e. The molecule has 0 spiro atoms. The number of nitrogens with zero attached hydrogens (tertiary/aromatic N) is 1. The van der Waals surface area contributed by atoms with Crippen molar-refractivity contribution in [3.05, 3.63) is 17.8 Å². The van der Waals surface area contributed by atoms with Gasteiger partial charge in [0.15, 0.2) is 11.6 Å². The number of hydrogen-bond acceptors (Lipinski definition) is 4. The smallest absolute Gasteiger partial charge is 0.273 e. The third-order valence-corrected chi connectivity index (χ3v) is 3.76. The molecule has 0 unspecified atom stereocenters. The van der Waals surface area contributed by atoms with E-state index in [9.17, 15) is 4.79 Å². The van der Waals surface area contributed by atoms with Crippen LogP contribution in [0.1, 0.15) is 61.8 Å². The summed E-state index contributed by atoms with van der Waals surface area (Å²) in [5, 5.41) is 6.28. The molecule has 1 aromatic heterocycles. The van der Waals surface area contributed by atoms with Crippen molar-refractivity contribution in [2.75, 3.05) is 13.1 Å². The molecule has 0 radical (unpaired) electrons. The Kier molecular flexibility index (Phi) is 4.96. The SMILES string of the molecule is CCC(CC)NC(=O)c1coc(C2CCNCC2)n1. The first kappa shape index (κ1) is 14.1. The zero-order chi connectivity index (χ0) is 13.7. The molecule has 1 aromatic rings. The molecule has 5 nitrogen and oxygen atoms in total. The summed E-state index contributed by atoms with van der Waals surface area (Å²) in [4.78, 5) is 16.4. The van der Waals surface area contributed by atoms with E-state index in [-0.39, 0.29) is 11.9 Å². The Morgan fingerprint density at radius 1 is 1.47 bits per heavy atom. The number of carbonyl (C=O) groups excluding carboxylic acids is 1. The lowest BCUT2D eigenvalue weighted by molar-refractivity contribution is 0.0929. The number of amides is 1. The lowest BCUT2D eigenvalue weighted by Crippen LogP contribution is -2.34. The van der Waals surface area contributed by atoms with Crippen molar-refractivity contribution >= 4 is 5.91 Å². The molecule has 1 aliphatic rings. The number of rotatable bonds is 5. The third-order valence-electron chi connectivity index (χ3n) is 3.76. The molecule has 1 aliphatic heterocycles. The standard InChI is InChI=1S/C14H23N3O2/c1-3-11(4-2)16-13(18)12-9-19-14(17-12)10-5-7-15-8-6-10/h9-11,15H,3-8H2,1-2H3,(H,16,18). The average molecular weight is 265 g/mol. The van der Waals surface area contributed by atoms with Crippen molar-refractivity contribution in [2.45, 2.75) is 51.5 Å². The van der Waals surface area contributed by atoms with E-state index in [1.165, 1.54) is 6.26 Å². The van der Waals surface area contributed by atoms with Gasteiger partial charge in [0.2, 0.25) is 0 Å². The Morgan fingerprint density at radius 2 is 2.16 bits per heavy atom. The first-order valence-corrected chi connectivity index (χ1v) is 7.21. The Hall–Kier alpha value is -1.36. The van der Waals surface area contributed by atoms with Crippen molar-refractivity contribution in [1.29, 1.82) is 0 Å². The number of carbonyl (C=O) groups is 1. The molecule has 1 amide bonds. The fourth-order valence-corrected chi connectivity index (χ4v) is 2.40. The number of piperidine rings is 1. The van der Waals surface area contributed by atoms with Gasteiger partial charge in [-0.25, -0.2) is 4.98 Å². The second-order valence-corrected chi connectivity index (χ2v) is 5.08. The molecule has 0 aromatic carbocycles. The highest BCUT2D eigenvalue weighted by Gasteiger charge is 2.22. The Balaban J connectivity index is 1.97. The molecule has 0 bridgehead atoms. The highest BCUT2D eigenvalue weighted by atomic mass is 16.3. The summed E-state index contributed by atoms with van der Waals surface area (Å²) in [5.41, 5.74) is 0.403. The summed E-state index contributed by atoms with van der Waals surface area (Å²) >= 11 is 0. The zero-order valence-electron chi connectivity index (χ0n) is 11.7. The molecule has 2 heterocycles. The first-order valence-electron chi connectivity index (χ1n) is 7.21. The molecule has 2 rings (SSSR count). The first-order chi connectivity index (χ1) is 9.24. The van der Waals surface area contributed by atoms with Gasteiger partial charge in [0, 0.05) is 12.0 Å². The normalized spacial score (nSPS) is 16.8. The minimum Gasteiger partial charge on any atom is -0.448 e. The van der Waals surface area contributed by atoms with Gasteiger partial charge in [-0.1, -0.05) is 13.8 Å². The van der Waals surface area contributed by atoms with E-state index < -0.39 is 0 Å². The van der Waals surface area contributed by atoms with Gasteiger partial charge >= 0.3 is 0 Å². The maximum Gasteiger partial charge on any atom is 0.273 e. The number of aromatic nitrogens is 1. The van der Waals surface area contributed by atoms with Crippen LogP contribution in [0.5, 0.6) is 0 Å². The van der Waals surface area contributed by atoms with Crippen LogP contribution in [-0.2, 0) is 0 Å². The van der Waals surface area contributed by atoms with Gasteiger partial charge < -0.3 is 15.1 Å². The fourth-order valence-electron chi connectivity index (χ4n) is 2.40. The minimum atomic E-state index is -0.127. The van der Waals surface area contributed by atoms with E-state index in [1.54, 1.807) is 0 Å². The molecule has 1 saturated heterocycles. The summed E-state index contributed by atoms with van der Waals surface area (Å²) in [6.07, 6.45) is 5.39. The minimum absolute atomic E-state index is 0.127. The van der Waals surface area contributed by atoms with E-state index in [0.29, 0.717) is 17.5 Å². The molecule has 19 heavy (non-hydrogen) atoms. The van der Waals surface area contributed by atoms with Crippen LogP contribution in [0.4, 0.5) is 0 Å². The molecule has 2 N–H and O–H groups in total. The molecular weight excluding hydrogens is 242 g/mol. The van der Waals surface area contributed by atoms with Gasteiger partial charge in [-0.05, 0) is 38.8 Å². The van der Waals surface area contributed by atoms with Crippen molar-refractivity contribution in [2.24, 2.45) is 0 Å². The number of nitrogens with one attached hydrogen (secondary N) is 2. The van der Waals surface area contributed by atoms with Crippen molar-refractivity contribution in [3.63, 3.8) is 0 Å². The van der Waals surface area contributed by atoms with Crippen LogP contribution in [-0.4, -0.2) is 30.0 Å². The second kappa shape index (κ2) is 6.70. The van der Waals surface area contributed by atoms with Crippen LogP contribution in [0.2, 0.25) is 0 Å². The highest BCUT2D eigenvalue weighted by molar-refractivity contribution is 5.92. The predicted molar refractivity (Wildman–Crippen MR) is 73.2 cm³/mol. The van der Waals surface area contributed by atoms with Gasteiger partial charge in [-0.3, -0.25) is 4.79 Å². The maximum atomic E-state index is 12.0. The van der Waals surface area contributed by atoms with Crippen LogP contribution in [0.3, 0.4) is 0 Å². The van der Waals surface area contributed by atoms with Gasteiger partial charge in [0.25, 0.3) is 5.91 Å². The van der Waals surface area contributed by atoms with E-state index in [1.807, 2.05) is 0 Å². The summed E-state index contributed by atoms with van der Waals surface area (Å²) in [6.45, 7) is 6.11. The molecule has 0 saturated carbocycles. The molecule has 0 atom stereocenters. The average Bonchev–Trinajstić information content (AvgIpc) is 2.95. The van der Waals surface area contributed by atoms with Crippen LogP contribution >= 0.6 is 0 Å². The van der Waals surface area contributed by atoms with Gasteiger partial charge in [0.05, 0.1) is 0 Å². The van der Waals surface area contributed by atoms with Crippen molar-refractivity contribution < 1.29 is 9.21 Å². The quantitative estimate of drug-likeness (QED) is 0.855. The maximum absolute atomic E-state index is 12.0. The van der Waals surface area contributed by atoms with E-state index >= 15 is 0 Å². The summed E-state index contributed by atoms with van der Waals surface area (Å²) in [7, 11) is 0. The lowest BCUT2D eigenvalue weighted by atomic mass is 9.98. The Morgan fingerprint density at radius 3 is 2.79 bits per heavy atom. The third kappa shape index (κ3) is 3.56. The zero-order valence-corrected chi connectivity index (χ0v) is 11.7. The highest BCUT2D eigenvalue weighted by Crippen LogP contribution is 2.24. The van der Waals surface area contributed by atoms with E-state index in [4.69, 9.17) is 4.42 Å². The molecule has 1 fully saturated rings. The lowest BCUT2D eigenvalue weighted by Gasteiger charge is -2.19. The molecule has 106 valence electrons. The van der Waals surface area contributed by atoms with Gasteiger partial charge in [-0.2, -0.15) is 0 Å². The molecule has 5 heteroatoms. The van der Waals surface area contributed by atoms with E-state index in [2.05, 4.69) is 29.5 Å². The second-order valence-electron chi connectivity index (χ2n) is 5.08. The fraction of sp³-hybridized carbons (Fsp3) is 0.714. The predicted octanol–water partition coefficient (Wildman–Crippen LogP) is 2.06. The monoisotopic (exact) mass is 265 g/mol.